The summed E-state index contributed by atoms with van der Waals surface area (Å²) in [6, 6.07) is 3.39. The fourth-order valence-electron chi connectivity index (χ4n) is 1.16. The SMILES string of the molecule is CCCNC(=O)CN(C)c1ccc(N)nn1. The molecule has 0 saturated heterocycles. The van der Waals surface area contributed by atoms with Gasteiger partial charge in [0, 0.05) is 13.6 Å². The van der Waals surface area contributed by atoms with Gasteiger partial charge in [-0.2, -0.15) is 0 Å². The van der Waals surface area contributed by atoms with E-state index in [0.29, 0.717) is 18.2 Å². The van der Waals surface area contributed by atoms with Gasteiger partial charge in [0.15, 0.2) is 5.82 Å². The number of rotatable bonds is 5. The van der Waals surface area contributed by atoms with Gasteiger partial charge in [0.25, 0.3) is 0 Å². The summed E-state index contributed by atoms with van der Waals surface area (Å²) >= 11 is 0. The fourth-order valence-corrected chi connectivity index (χ4v) is 1.16. The number of nitrogens with one attached hydrogen (secondary N) is 1. The Morgan fingerprint density at radius 1 is 1.50 bits per heavy atom. The second kappa shape index (κ2) is 5.89. The molecule has 0 atom stereocenters. The number of carbonyl (C=O) groups is 1. The van der Waals surface area contributed by atoms with Crippen LogP contribution in [0.3, 0.4) is 0 Å². The molecular formula is C10H17N5O. The molecule has 1 aromatic heterocycles. The van der Waals surface area contributed by atoms with Crippen LogP contribution < -0.4 is 16.0 Å². The van der Waals surface area contributed by atoms with Crippen LogP contribution in [0.25, 0.3) is 0 Å². The third-order valence-electron chi connectivity index (χ3n) is 2.02. The number of nitrogens with two attached hydrogens (primary N) is 1. The zero-order valence-electron chi connectivity index (χ0n) is 9.60. The lowest BCUT2D eigenvalue weighted by Crippen LogP contribution is -2.35. The van der Waals surface area contributed by atoms with Crippen molar-refractivity contribution in [3.05, 3.63) is 12.1 Å². The molecule has 0 unspecified atom stereocenters. The molecule has 0 aliphatic heterocycles. The van der Waals surface area contributed by atoms with Crippen LogP contribution in [-0.4, -0.2) is 36.2 Å². The summed E-state index contributed by atoms with van der Waals surface area (Å²) in [5, 5.41) is 10.4. The van der Waals surface area contributed by atoms with E-state index in [1.165, 1.54) is 0 Å². The predicted molar refractivity (Wildman–Crippen MR) is 63.0 cm³/mol. The number of anilines is 2. The minimum absolute atomic E-state index is 0.0250. The van der Waals surface area contributed by atoms with E-state index >= 15 is 0 Å². The molecule has 0 aliphatic rings. The second-order valence-corrected chi connectivity index (χ2v) is 3.52. The van der Waals surface area contributed by atoms with E-state index in [0.717, 1.165) is 6.42 Å². The Morgan fingerprint density at radius 2 is 2.25 bits per heavy atom. The Bertz CT molecular complexity index is 338. The van der Waals surface area contributed by atoms with Gasteiger partial charge in [-0.1, -0.05) is 6.92 Å². The summed E-state index contributed by atoms with van der Waals surface area (Å²) in [4.78, 5) is 13.1. The van der Waals surface area contributed by atoms with Gasteiger partial charge in [-0.3, -0.25) is 4.79 Å². The Hall–Kier alpha value is -1.85. The zero-order valence-corrected chi connectivity index (χ0v) is 9.60. The maximum atomic E-state index is 11.4. The first kappa shape index (κ1) is 12.2. The third kappa shape index (κ3) is 3.72. The topological polar surface area (TPSA) is 84.1 Å². The summed E-state index contributed by atoms with van der Waals surface area (Å²) in [7, 11) is 1.78. The number of aromatic nitrogens is 2. The highest BCUT2D eigenvalue weighted by Crippen LogP contribution is 2.07. The Morgan fingerprint density at radius 3 is 2.81 bits per heavy atom. The van der Waals surface area contributed by atoms with Crippen LogP contribution in [0.5, 0.6) is 0 Å². The maximum Gasteiger partial charge on any atom is 0.239 e. The molecule has 3 N–H and O–H groups in total. The molecule has 0 saturated carbocycles. The number of likely N-dealkylation sites (N-methyl/N-ethyl adjacent to an activating group) is 1. The van der Waals surface area contributed by atoms with Crippen LogP contribution in [0.15, 0.2) is 12.1 Å². The second-order valence-electron chi connectivity index (χ2n) is 3.52. The predicted octanol–water partition coefficient (Wildman–Crippen LogP) is 0.0212. The van der Waals surface area contributed by atoms with Crippen molar-refractivity contribution in [2.75, 3.05) is 30.8 Å². The number of hydrogen-bond donors (Lipinski definition) is 2. The molecule has 0 fully saturated rings. The van der Waals surface area contributed by atoms with Crippen molar-refractivity contribution >= 4 is 17.5 Å². The largest absolute Gasteiger partial charge is 0.382 e. The molecule has 0 aliphatic carbocycles. The molecule has 6 nitrogen and oxygen atoms in total. The van der Waals surface area contributed by atoms with Gasteiger partial charge in [0.1, 0.15) is 5.82 Å². The molecule has 1 amide bonds. The average molecular weight is 223 g/mol. The fraction of sp³-hybridized carbons (Fsp3) is 0.500. The van der Waals surface area contributed by atoms with E-state index < -0.39 is 0 Å². The zero-order chi connectivity index (χ0) is 12.0. The summed E-state index contributed by atoms with van der Waals surface area (Å²) in [6.07, 6.45) is 0.928. The van der Waals surface area contributed by atoms with E-state index in [9.17, 15) is 4.79 Å². The van der Waals surface area contributed by atoms with Crippen molar-refractivity contribution in [2.24, 2.45) is 0 Å². The van der Waals surface area contributed by atoms with Crippen LogP contribution in [0.2, 0.25) is 0 Å². The lowest BCUT2D eigenvalue weighted by Gasteiger charge is -2.16. The molecule has 6 heteroatoms. The van der Waals surface area contributed by atoms with Crippen molar-refractivity contribution in [1.29, 1.82) is 0 Å². The number of nitrogens with zero attached hydrogens (tertiary/aromatic N) is 3. The Balaban J connectivity index is 2.48. The standard InChI is InChI=1S/C10H17N5O/c1-3-6-12-10(16)7-15(2)9-5-4-8(11)13-14-9/h4-5H,3,6-7H2,1-2H3,(H2,11,13)(H,12,16). The van der Waals surface area contributed by atoms with Crippen LogP contribution in [0.4, 0.5) is 11.6 Å². The molecule has 0 aromatic carbocycles. The highest BCUT2D eigenvalue weighted by molar-refractivity contribution is 5.80. The van der Waals surface area contributed by atoms with Crippen LogP contribution in [0, 0.1) is 0 Å². The van der Waals surface area contributed by atoms with Gasteiger partial charge in [-0.15, -0.1) is 10.2 Å². The van der Waals surface area contributed by atoms with Crippen LogP contribution >= 0.6 is 0 Å². The third-order valence-corrected chi connectivity index (χ3v) is 2.02. The number of amides is 1. The Labute approximate surface area is 94.8 Å². The van der Waals surface area contributed by atoms with Gasteiger partial charge >= 0.3 is 0 Å². The molecule has 88 valence electrons. The highest BCUT2D eigenvalue weighted by Gasteiger charge is 2.07. The lowest BCUT2D eigenvalue weighted by molar-refractivity contribution is -0.119. The maximum absolute atomic E-state index is 11.4. The first-order chi connectivity index (χ1) is 7.63. The van der Waals surface area contributed by atoms with E-state index in [4.69, 9.17) is 5.73 Å². The van der Waals surface area contributed by atoms with Gasteiger partial charge in [0.2, 0.25) is 5.91 Å². The number of carbonyl (C=O) groups excluding carboxylic acids is 1. The van der Waals surface area contributed by atoms with Crippen molar-refractivity contribution in [3.63, 3.8) is 0 Å². The van der Waals surface area contributed by atoms with E-state index in [1.807, 2.05) is 6.92 Å². The van der Waals surface area contributed by atoms with Gasteiger partial charge in [-0.25, -0.2) is 0 Å². The first-order valence-corrected chi connectivity index (χ1v) is 5.20. The summed E-state index contributed by atoms with van der Waals surface area (Å²) in [5.74, 6) is 0.969. The highest BCUT2D eigenvalue weighted by atomic mass is 16.2. The van der Waals surface area contributed by atoms with Crippen LogP contribution in [-0.2, 0) is 4.79 Å². The van der Waals surface area contributed by atoms with E-state index in [-0.39, 0.29) is 12.5 Å². The minimum atomic E-state index is -0.0250. The van der Waals surface area contributed by atoms with E-state index in [1.54, 1.807) is 24.1 Å². The first-order valence-electron chi connectivity index (χ1n) is 5.20. The lowest BCUT2D eigenvalue weighted by atomic mass is 10.4. The monoisotopic (exact) mass is 223 g/mol. The summed E-state index contributed by atoms with van der Waals surface area (Å²) in [5.41, 5.74) is 5.42. The van der Waals surface area contributed by atoms with Crippen molar-refractivity contribution in [1.82, 2.24) is 15.5 Å². The van der Waals surface area contributed by atoms with Gasteiger partial charge in [0.05, 0.1) is 6.54 Å². The number of hydrogen-bond acceptors (Lipinski definition) is 5. The van der Waals surface area contributed by atoms with Gasteiger partial charge < -0.3 is 16.0 Å². The van der Waals surface area contributed by atoms with Crippen molar-refractivity contribution < 1.29 is 4.79 Å². The molecule has 1 rings (SSSR count). The molecule has 0 bridgehead atoms. The smallest absolute Gasteiger partial charge is 0.239 e. The van der Waals surface area contributed by atoms with E-state index in [2.05, 4.69) is 15.5 Å². The Kier molecular flexibility index (Phi) is 4.50. The molecule has 0 spiro atoms. The van der Waals surface area contributed by atoms with Gasteiger partial charge in [-0.05, 0) is 18.6 Å². The van der Waals surface area contributed by atoms with Crippen LogP contribution in [0.1, 0.15) is 13.3 Å². The average Bonchev–Trinajstić information content (AvgIpc) is 2.27. The van der Waals surface area contributed by atoms with Crippen molar-refractivity contribution in [2.45, 2.75) is 13.3 Å². The summed E-state index contributed by atoms with van der Waals surface area (Å²) in [6.45, 7) is 2.97. The molecule has 1 heterocycles. The summed E-state index contributed by atoms with van der Waals surface area (Å²) < 4.78 is 0. The number of nitrogen functional groups attached to an aromatic ring is 1. The quantitative estimate of drug-likeness (QED) is 0.735. The minimum Gasteiger partial charge on any atom is -0.382 e. The molecular weight excluding hydrogens is 206 g/mol. The van der Waals surface area contributed by atoms with Crippen molar-refractivity contribution in [3.8, 4) is 0 Å². The molecule has 1 aromatic rings. The molecule has 16 heavy (non-hydrogen) atoms. The molecule has 0 radical (unpaired) electrons. The normalized spacial score (nSPS) is 9.88.